The number of aryl methyl sites for hydroxylation is 1. The molecule has 1 aromatic carbocycles. The van der Waals surface area contributed by atoms with Crippen LogP contribution in [0.4, 0.5) is 5.13 Å². The van der Waals surface area contributed by atoms with Crippen molar-refractivity contribution in [3.05, 3.63) is 41.7 Å². The molecule has 0 radical (unpaired) electrons. The van der Waals surface area contributed by atoms with Gasteiger partial charge in [0.05, 0.1) is 0 Å². The van der Waals surface area contributed by atoms with E-state index in [1.165, 1.54) is 29.9 Å². The van der Waals surface area contributed by atoms with Crippen LogP contribution in [-0.4, -0.2) is 60.0 Å². The first kappa shape index (κ1) is 18.2. The molecule has 1 saturated carbocycles. The average molecular weight is 385 g/mol. The van der Waals surface area contributed by atoms with Crippen molar-refractivity contribution in [2.75, 3.05) is 44.7 Å². The number of rotatable bonds is 5. The van der Waals surface area contributed by atoms with Gasteiger partial charge in [0.15, 0.2) is 5.96 Å². The van der Waals surface area contributed by atoms with Gasteiger partial charge in [-0.1, -0.05) is 37.3 Å². The van der Waals surface area contributed by atoms with Crippen molar-refractivity contribution in [3.63, 3.8) is 0 Å². The van der Waals surface area contributed by atoms with Gasteiger partial charge in [-0.25, -0.2) is 4.98 Å². The van der Waals surface area contributed by atoms with E-state index in [-0.39, 0.29) is 0 Å². The summed E-state index contributed by atoms with van der Waals surface area (Å²) in [5.41, 5.74) is 1.74. The summed E-state index contributed by atoms with van der Waals surface area (Å²) in [6, 6.07) is 10.9. The summed E-state index contributed by atoms with van der Waals surface area (Å²) in [6.45, 7) is 6.89. The summed E-state index contributed by atoms with van der Waals surface area (Å²) in [5, 5.41) is 4.69. The van der Waals surface area contributed by atoms with E-state index < -0.39 is 0 Å². The van der Waals surface area contributed by atoms with Crippen LogP contribution < -0.4 is 10.2 Å². The molecule has 2 fully saturated rings. The second kappa shape index (κ2) is 7.84. The third-order valence-corrected chi connectivity index (χ3v) is 6.47. The third kappa shape index (κ3) is 3.93. The lowest BCUT2D eigenvalue weighted by molar-refractivity contribution is 0.370. The van der Waals surface area contributed by atoms with Crippen molar-refractivity contribution in [2.24, 2.45) is 4.99 Å². The summed E-state index contributed by atoms with van der Waals surface area (Å²) in [6.07, 6.45) is 3.41. The summed E-state index contributed by atoms with van der Waals surface area (Å²) in [5.74, 6) is 1.97. The van der Waals surface area contributed by atoms with E-state index in [1.807, 2.05) is 7.05 Å². The van der Waals surface area contributed by atoms with Gasteiger partial charge in [-0.3, -0.25) is 4.99 Å². The van der Waals surface area contributed by atoms with Crippen LogP contribution in [0.1, 0.15) is 31.2 Å². The van der Waals surface area contributed by atoms with Crippen molar-refractivity contribution >= 4 is 22.6 Å². The minimum Gasteiger partial charge on any atom is -0.355 e. The topological polar surface area (TPSA) is 56.7 Å². The summed E-state index contributed by atoms with van der Waals surface area (Å²) >= 11 is 1.52. The smallest absolute Gasteiger partial charge is 0.205 e. The van der Waals surface area contributed by atoms with Crippen LogP contribution in [0, 0.1) is 0 Å². The number of nitrogens with one attached hydrogen (secondary N) is 1. The van der Waals surface area contributed by atoms with E-state index >= 15 is 0 Å². The van der Waals surface area contributed by atoms with Gasteiger partial charge in [-0.05, 0) is 18.4 Å². The highest BCUT2D eigenvalue weighted by molar-refractivity contribution is 7.09. The van der Waals surface area contributed by atoms with Crippen molar-refractivity contribution in [2.45, 2.75) is 31.6 Å². The van der Waals surface area contributed by atoms with E-state index in [4.69, 9.17) is 0 Å². The van der Waals surface area contributed by atoms with E-state index in [9.17, 15) is 0 Å². The second-order valence-corrected chi connectivity index (χ2v) is 8.10. The average Bonchev–Trinajstić information content (AvgIpc) is 3.37. The van der Waals surface area contributed by atoms with Crippen LogP contribution in [-0.2, 0) is 11.8 Å². The number of hydrogen-bond donors (Lipinski definition) is 1. The van der Waals surface area contributed by atoms with Gasteiger partial charge in [-0.15, -0.1) is 0 Å². The quantitative estimate of drug-likeness (QED) is 0.634. The largest absolute Gasteiger partial charge is 0.355 e. The second-order valence-electron chi connectivity index (χ2n) is 7.37. The minimum absolute atomic E-state index is 0.294. The Morgan fingerprint density at radius 2 is 1.93 bits per heavy atom. The molecule has 1 N–H and O–H groups in total. The van der Waals surface area contributed by atoms with Crippen LogP contribution in [0.2, 0.25) is 0 Å². The lowest BCUT2D eigenvalue weighted by Crippen LogP contribution is -2.53. The Labute approximate surface area is 165 Å². The third-order valence-electron chi connectivity index (χ3n) is 5.66. The Morgan fingerprint density at radius 3 is 2.52 bits per heavy atom. The lowest BCUT2D eigenvalue weighted by Gasteiger charge is -2.36. The molecule has 1 aliphatic heterocycles. The van der Waals surface area contributed by atoms with Gasteiger partial charge < -0.3 is 15.1 Å². The lowest BCUT2D eigenvalue weighted by atomic mass is 9.96. The Morgan fingerprint density at radius 1 is 1.19 bits per heavy atom. The first-order chi connectivity index (χ1) is 13.2. The van der Waals surface area contributed by atoms with Gasteiger partial charge >= 0.3 is 0 Å². The number of nitrogens with zero attached hydrogens (tertiary/aromatic N) is 5. The molecule has 6 nitrogen and oxygen atoms in total. The molecule has 2 aromatic rings. The van der Waals surface area contributed by atoms with Gasteiger partial charge in [-0.2, -0.15) is 4.37 Å². The van der Waals surface area contributed by atoms with E-state index in [1.54, 1.807) is 0 Å². The Kier molecular flexibility index (Phi) is 5.29. The number of aromatic nitrogens is 2. The number of guanidine groups is 1. The highest BCUT2D eigenvalue weighted by Crippen LogP contribution is 2.47. The molecule has 2 aliphatic rings. The zero-order valence-electron chi connectivity index (χ0n) is 16.2. The van der Waals surface area contributed by atoms with E-state index in [2.05, 4.69) is 66.7 Å². The van der Waals surface area contributed by atoms with E-state index in [0.29, 0.717) is 5.41 Å². The van der Waals surface area contributed by atoms with Gasteiger partial charge in [0, 0.05) is 63.1 Å². The maximum absolute atomic E-state index is 4.62. The summed E-state index contributed by atoms with van der Waals surface area (Å²) in [4.78, 5) is 13.9. The fraction of sp³-hybridized carbons (Fsp3) is 0.550. The van der Waals surface area contributed by atoms with Crippen LogP contribution in [0.5, 0.6) is 0 Å². The van der Waals surface area contributed by atoms with Crippen LogP contribution in [0.15, 0.2) is 35.3 Å². The van der Waals surface area contributed by atoms with Gasteiger partial charge in [0.1, 0.15) is 5.82 Å². The molecule has 2 heterocycles. The monoisotopic (exact) mass is 384 g/mol. The molecule has 144 valence electrons. The fourth-order valence-corrected chi connectivity index (χ4v) is 4.52. The maximum Gasteiger partial charge on any atom is 0.205 e. The van der Waals surface area contributed by atoms with Crippen LogP contribution >= 0.6 is 11.5 Å². The SMILES string of the molecule is CCc1nsc(N2CCN(C(=NC)NCC3(c4ccccc4)CC3)CC2)n1. The number of benzene rings is 1. The molecule has 1 aliphatic carbocycles. The molecule has 0 spiro atoms. The normalized spacial score (nSPS) is 19.3. The first-order valence-electron chi connectivity index (χ1n) is 9.83. The molecule has 7 heteroatoms. The Balaban J connectivity index is 1.32. The molecule has 0 bridgehead atoms. The van der Waals surface area contributed by atoms with Gasteiger partial charge in [0.2, 0.25) is 5.13 Å². The molecule has 0 unspecified atom stereocenters. The van der Waals surface area contributed by atoms with Crippen LogP contribution in [0.3, 0.4) is 0 Å². The zero-order valence-corrected chi connectivity index (χ0v) is 17.0. The molecule has 0 amide bonds. The number of anilines is 1. The molecule has 27 heavy (non-hydrogen) atoms. The highest BCUT2D eigenvalue weighted by Gasteiger charge is 2.44. The molecular formula is C20H28N6S. The van der Waals surface area contributed by atoms with E-state index in [0.717, 1.165) is 56.1 Å². The zero-order chi connectivity index (χ0) is 18.7. The van der Waals surface area contributed by atoms with Crippen LogP contribution in [0.25, 0.3) is 0 Å². The molecule has 1 saturated heterocycles. The summed E-state index contributed by atoms with van der Waals surface area (Å²) < 4.78 is 4.41. The molecule has 0 atom stereocenters. The van der Waals surface area contributed by atoms with Crippen molar-refractivity contribution in [1.29, 1.82) is 0 Å². The molecule has 4 rings (SSSR count). The first-order valence-corrected chi connectivity index (χ1v) is 10.6. The summed E-state index contributed by atoms with van der Waals surface area (Å²) in [7, 11) is 1.88. The predicted molar refractivity (Wildman–Crippen MR) is 112 cm³/mol. The molecule has 1 aromatic heterocycles. The Hall–Kier alpha value is -2.15. The number of aliphatic imine (C=N–C) groups is 1. The van der Waals surface area contributed by atoms with Crippen molar-refractivity contribution in [1.82, 2.24) is 19.6 Å². The van der Waals surface area contributed by atoms with Crippen molar-refractivity contribution in [3.8, 4) is 0 Å². The fourth-order valence-electron chi connectivity index (χ4n) is 3.72. The molecular weight excluding hydrogens is 356 g/mol. The number of hydrogen-bond acceptors (Lipinski definition) is 5. The van der Waals surface area contributed by atoms with Gasteiger partial charge in [0.25, 0.3) is 0 Å². The maximum atomic E-state index is 4.62. The minimum atomic E-state index is 0.294. The van der Waals surface area contributed by atoms with Crippen molar-refractivity contribution < 1.29 is 0 Å². The predicted octanol–water partition coefficient (Wildman–Crippen LogP) is 2.53. The Bertz CT molecular complexity index is 775. The highest BCUT2D eigenvalue weighted by atomic mass is 32.1. The standard InChI is InChI=1S/C20H28N6S/c1-3-17-23-19(27-24-17)26-13-11-25(12-14-26)18(21-2)22-15-20(9-10-20)16-7-5-4-6-8-16/h4-8H,3,9-15H2,1-2H3,(H,21,22). The number of piperazine rings is 1.